The van der Waals surface area contributed by atoms with Crippen molar-refractivity contribution < 1.29 is 24.5 Å². The van der Waals surface area contributed by atoms with Gasteiger partial charge in [0.1, 0.15) is 11.6 Å². The van der Waals surface area contributed by atoms with Gasteiger partial charge in [0.05, 0.1) is 42.8 Å². The van der Waals surface area contributed by atoms with Crippen LogP contribution in [-0.4, -0.2) is 48.7 Å². The highest BCUT2D eigenvalue weighted by Crippen LogP contribution is 2.39. The molecule has 0 radical (unpaired) electrons. The van der Waals surface area contributed by atoms with Crippen LogP contribution in [0.15, 0.2) is 42.7 Å². The average Bonchev–Trinajstić information content (AvgIpc) is 3.37. The number of nitrogens with zero attached hydrogens (tertiary/aromatic N) is 4. The van der Waals surface area contributed by atoms with Gasteiger partial charge >= 0.3 is 5.97 Å². The highest BCUT2D eigenvalue weighted by atomic mass is 16.5. The molecular formula is C28H29N5O5. The van der Waals surface area contributed by atoms with Crippen LogP contribution in [0.1, 0.15) is 60.1 Å². The number of rotatable bonds is 7. The zero-order valence-corrected chi connectivity index (χ0v) is 21.2. The fraction of sp³-hybridized carbons (Fsp3) is 0.321. The largest absolute Gasteiger partial charge is 0.496 e. The van der Waals surface area contributed by atoms with Crippen molar-refractivity contribution in [2.45, 2.75) is 45.1 Å². The monoisotopic (exact) mass is 515 g/mol. The number of carboxylic acids is 1. The number of methoxy groups -OCH3 is 1. The van der Waals surface area contributed by atoms with E-state index in [1.807, 2.05) is 24.3 Å². The van der Waals surface area contributed by atoms with Crippen LogP contribution in [0.25, 0.3) is 28.0 Å². The number of benzene rings is 1. The lowest BCUT2D eigenvalue weighted by atomic mass is 9.79. The molecule has 10 heteroatoms. The number of fused-ring (bicyclic) bond motifs is 1. The number of aromatic nitrogens is 4. The number of anilines is 1. The van der Waals surface area contributed by atoms with Crippen molar-refractivity contribution >= 4 is 23.2 Å². The number of nitrogen functional groups attached to an aromatic ring is 1. The number of pyridine rings is 1. The molecule has 0 saturated heterocycles. The molecule has 5 rings (SSSR count). The van der Waals surface area contributed by atoms with Gasteiger partial charge in [-0.3, -0.25) is 14.6 Å². The summed E-state index contributed by atoms with van der Waals surface area (Å²) in [5.41, 5.74) is 11.7. The molecule has 1 aliphatic rings. The Kier molecular flexibility index (Phi) is 6.81. The fourth-order valence-corrected chi connectivity index (χ4v) is 5.29. The van der Waals surface area contributed by atoms with Crippen LogP contribution in [0.4, 0.5) is 5.82 Å². The molecule has 3 aromatic heterocycles. The third kappa shape index (κ3) is 4.47. The van der Waals surface area contributed by atoms with Crippen LogP contribution in [0, 0.1) is 5.92 Å². The Labute approximate surface area is 219 Å². The zero-order valence-electron chi connectivity index (χ0n) is 21.2. The van der Waals surface area contributed by atoms with E-state index in [4.69, 9.17) is 15.5 Å². The average molecular weight is 516 g/mol. The van der Waals surface area contributed by atoms with Crippen molar-refractivity contribution in [3.8, 4) is 28.1 Å². The number of aliphatic hydroxyl groups is 1. The van der Waals surface area contributed by atoms with Gasteiger partial charge in [-0.1, -0.05) is 6.07 Å². The normalized spacial score (nSPS) is 17.4. The number of carbonyl (C=O) groups is 2. The van der Waals surface area contributed by atoms with E-state index in [-0.39, 0.29) is 30.0 Å². The van der Waals surface area contributed by atoms with Gasteiger partial charge in [-0.2, -0.15) is 9.61 Å². The van der Waals surface area contributed by atoms with E-state index in [9.17, 15) is 19.8 Å². The second-order valence-corrected chi connectivity index (χ2v) is 9.61. The van der Waals surface area contributed by atoms with Crippen LogP contribution >= 0.6 is 0 Å². The van der Waals surface area contributed by atoms with Gasteiger partial charge in [-0.05, 0) is 56.9 Å². The number of carboxylic acid groups (broad SMARTS) is 1. The molecule has 0 unspecified atom stereocenters. The number of nitrogens with two attached hydrogens (primary N) is 1. The van der Waals surface area contributed by atoms with Crippen LogP contribution in [0.5, 0.6) is 5.75 Å². The van der Waals surface area contributed by atoms with E-state index in [2.05, 4.69) is 10.1 Å². The summed E-state index contributed by atoms with van der Waals surface area (Å²) in [5, 5.41) is 23.4. The summed E-state index contributed by atoms with van der Waals surface area (Å²) in [5.74, 6) is -0.576. The van der Waals surface area contributed by atoms with E-state index in [1.165, 1.54) is 11.4 Å². The van der Waals surface area contributed by atoms with Crippen LogP contribution in [0.3, 0.4) is 0 Å². The van der Waals surface area contributed by atoms with E-state index < -0.39 is 5.97 Å². The highest BCUT2D eigenvalue weighted by Gasteiger charge is 2.31. The number of carbonyl (C=O) groups excluding carboxylic acids is 1. The number of hydrogen-bond donors (Lipinski definition) is 3. The Hall–Kier alpha value is -4.31. The first-order valence-electron chi connectivity index (χ1n) is 12.5. The molecule has 1 saturated carbocycles. The Bertz CT molecular complexity index is 1520. The summed E-state index contributed by atoms with van der Waals surface area (Å²) < 4.78 is 6.76. The van der Waals surface area contributed by atoms with E-state index >= 15 is 0 Å². The Morgan fingerprint density at radius 1 is 1.11 bits per heavy atom. The molecule has 0 aliphatic heterocycles. The maximum Gasteiger partial charge on any atom is 0.306 e. The molecule has 0 spiro atoms. The number of hydrogen-bond acceptors (Lipinski definition) is 8. The predicted octanol–water partition coefficient (Wildman–Crippen LogP) is 4.10. The second kappa shape index (κ2) is 10.2. The van der Waals surface area contributed by atoms with E-state index in [0.717, 1.165) is 22.4 Å². The summed E-state index contributed by atoms with van der Waals surface area (Å²) in [6.07, 6.45) is 5.69. The second-order valence-electron chi connectivity index (χ2n) is 9.61. The molecule has 0 atom stereocenters. The molecule has 196 valence electrons. The number of ether oxygens (including phenoxy) is 1. The summed E-state index contributed by atoms with van der Waals surface area (Å²) in [4.78, 5) is 33.5. The summed E-state index contributed by atoms with van der Waals surface area (Å²) in [6, 6.07) is 9.31. The van der Waals surface area contributed by atoms with E-state index in [0.29, 0.717) is 53.9 Å². The molecule has 0 bridgehead atoms. The maximum atomic E-state index is 12.6. The van der Waals surface area contributed by atoms with Gasteiger partial charge in [0.25, 0.3) is 0 Å². The van der Waals surface area contributed by atoms with Gasteiger partial charge in [0, 0.05) is 34.4 Å². The maximum absolute atomic E-state index is 12.6. The van der Waals surface area contributed by atoms with Crippen molar-refractivity contribution in [3.05, 3.63) is 59.5 Å². The first-order chi connectivity index (χ1) is 18.3. The SMILES string of the molecule is COc1ccc(-c2ccc(-c3cnn4c(N)c(C(C)=O)c(C5CCC(C(=O)O)CC5)nc34)cn2)cc1CO. The number of Topliss-reactive ketones (excluding diaryl/α,β-unsaturated/α-hetero) is 1. The minimum atomic E-state index is -0.783. The van der Waals surface area contributed by atoms with Crippen molar-refractivity contribution in [1.82, 2.24) is 19.6 Å². The van der Waals surface area contributed by atoms with Crippen molar-refractivity contribution in [1.29, 1.82) is 0 Å². The first-order valence-corrected chi connectivity index (χ1v) is 12.5. The molecule has 1 fully saturated rings. The van der Waals surface area contributed by atoms with Gasteiger partial charge in [0.2, 0.25) is 0 Å². The van der Waals surface area contributed by atoms with Crippen LogP contribution in [0.2, 0.25) is 0 Å². The van der Waals surface area contributed by atoms with Gasteiger partial charge in [-0.25, -0.2) is 4.98 Å². The topological polar surface area (TPSA) is 153 Å². The smallest absolute Gasteiger partial charge is 0.306 e. The minimum absolute atomic E-state index is 0.0594. The van der Waals surface area contributed by atoms with Crippen molar-refractivity contribution in [2.24, 2.45) is 5.92 Å². The molecule has 38 heavy (non-hydrogen) atoms. The quantitative estimate of drug-likeness (QED) is 0.309. The van der Waals surface area contributed by atoms with Gasteiger partial charge in [0.15, 0.2) is 11.4 Å². The van der Waals surface area contributed by atoms with Crippen molar-refractivity contribution in [2.75, 3.05) is 12.8 Å². The molecule has 4 aromatic rings. The molecule has 4 N–H and O–H groups in total. The summed E-state index contributed by atoms with van der Waals surface area (Å²) in [7, 11) is 1.56. The van der Waals surface area contributed by atoms with E-state index in [1.54, 1.807) is 25.6 Å². The summed E-state index contributed by atoms with van der Waals surface area (Å²) in [6.45, 7) is 1.31. The highest BCUT2D eigenvalue weighted by molar-refractivity contribution is 6.00. The van der Waals surface area contributed by atoms with Gasteiger partial charge < -0.3 is 20.7 Å². The molecule has 1 aliphatic carbocycles. The Morgan fingerprint density at radius 2 is 1.84 bits per heavy atom. The molecule has 10 nitrogen and oxygen atoms in total. The predicted molar refractivity (Wildman–Crippen MR) is 141 cm³/mol. The molecule has 1 aromatic carbocycles. The van der Waals surface area contributed by atoms with Crippen LogP contribution < -0.4 is 10.5 Å². The summed E-state index contributed by atoms with van der Waals surface area (Å²) >= 11 is 0. The third-order valence-corrected chi connectivity index (χ3v) is 7.35. The van der Waals surface area contributed by atoms with Gasteiger partial charge in [-0.15, -0.1) is 0 Å². The molecule has 3 heterocycles. The Balaban J connectivity index is 1.53. The lowest BCUT2D eigenvalue weighted by Crippen LogP contribution is -2.23. The standard InChI is InChI=1S/C28H29N5O5/c1-15(35)24-25(16-3-5-17(6-4-16)28(36)37)32-27-21(13-31-33(27)26(24)29)19-7-9-22(30-12-19)18-8-10-23(38-2)20(11-18)14-34/h7-13,16-17,34H,3-6,14,29H2,1-2H3,(H,36,37). The lowest BCUT2D eigenvalue weighted by molar-refractivity contribution is -0.142. The van der Waals surface area contributed by atoms with Crippen LogP contribution in [-0.2, 0) is 11.4 Å². The zero-order chi connectivity index (χ0) is 27.0. The number of aliphatic hydroxyl groups excluding tert-OH is 1. The number of ketones is 1. The number of aliphatic carboxylic acids is 1. The molecular weight excluding hydrogens is 486 g/mol. The fourth-order valence-electron chi connectivity index (χ4n) is 5.29. The first kappa shape index (κ1) is 25.3. The Morgan fingerprint density at radius 3 is 2.45 bits per heavy atom. The lowest BCUT2D eigenvalue weighted by Gasteiger charge is -2.27. The third-order valence-electron chi connectivity index (χ3n) is 7.35. The molecule has 0 amide bonds. The minimum Gasteiger partial charge on any atom is -0.496 e. The van der Waals surface area contributed by atoms with Crippen molar-refractivity contribution in [3.63, 3.8) is 0 Å².